The first-order valence-corrected chi connectivity index (χ1v) is 9.90. The minimum Gasteiger partial charge on any atom is -0.443 e. The normalized spacial score (nSPS) is 18.4. The molecule has 2 atom stereocenters. The molecule has 1 fully saturated rings. The van der Waals surface area contributed by atoms with Gasteiger partial charge in [0.05, 0.1) is 17.9 Å². The zero-order valence-corrected chi connectivity index (χ0v) is 16.7. The number of amides is 2. The van der Waals surface area contributed by atoms with Gasteiger partial charge in [-0.15, -0.1) is 0 Å². The molecule has 1 aromatic heterocycles. The number of halogens is 1. The summed E-state index contributed by atoms with van der Waals surface area (Å²) < 4.78 is 5.34. The maximum Gasteiger partial charge on any atom is 0.255 e. The number of aromatic nitrogens is 1. The number of β-amino-alcohol motifs (C(OH)–C–C–N with tert-alkyl or cyclic N) is 1. The molecule has 0 bridgehead atoms. The van der Waals surface area contributed by atoms with Crippen LogP contribution in [0.25, 0.3) is 11.3 Å². The maximum atomic E-state index is 13.3. The minimum absolute atomic E-state index is 0.0859. The number of carbonyl (C=O) groups excluding carboxylic acids is 2. The van der Waals surface area contributed by atoms with Crippen molar-refractivity contribution in [1.82, 2.24) is 15.2 Å². The Hall–Kier alpha value is -3.16. The van der Waals surface area contributed by atoms with Crippen LogP contribution in [0.2, 0.25) is 5.02 Å². The standard InChI is InChI=1S/C22H20ClN3O4/c23-15-7-5-14(6-8-15)10-25-21(28)19-9-16(27)12-26(19)22(29)18-4-2-1-3-17(18)20-11-24-13-30-20/h1-8,11,13,16,19,27H,9-10,12H2,(H,25,28)/t16-,19+/m1/s1. The quantitative estimate of drug-likeness (QED) is 0.655. The summed E-state index contributed by atoms with van der Waals surface area (Å²) in [7, 11) is 0. The molecule has 2 aromatic carbocycles. The molecule has 1 aliphatic rings. The fourth-order valence-corrected chi connectivity index (χ4v) is 3.71. The smallest absolute Gasteiger partial charge is 0.255 e. The van der Waals surface area contributed by atoms with E-state index in [1.165, 1.54) is 17.5 Å². The van der Waals surface area contributed by atoms with Gasteiger partial charge in [0, 0.05) is 30.1 Å². The lowest BCUT2D eigenvalue weighted by molar-refractivity contribution is -0.125. The molecule has 0 unspecified atom stereocenters. The molecule has 0 spiro atoms. The average molecular weight is 426 g/mol. The van der Waals surface area contributed by atoms with Gasteiger partial charge in [0.25, 0.3) is 5.91 Å². The lowest BCUT2D eigenvalue weighted by Gasteiger charge is -2.24. The molecular weight excluding hydrogens is 406 g/mol. The van der Waals surface area contributed by atoms with E-state index in [9.17, 15) is 14.7 Å². The van der Waals surface area contributed by atoms with Crippen LogP contribution in [-0.2, 0) is 11.3 Å². The highest BCUT2D eigenvalue weighted by molar-refractivity contribution is 6.30. The number of likely N-dealkylation sites (tertiary alicyclic amines) is 1. The van der Waals surface area contributed by atoms with Crippen LogP contribution in [0.1, 0.15) is 22.3 Å². The van der Waals surface area contributed by atoms with Crippen molar-refractivity contribution in [3.63, 3.8) is 0 Å². The van der Waals surface area contributed by atoms with Crippen LogP contribution < -0.4 is 5.32 Å². The number of oxazole rings is 1. The average Bonchev–Trinajstić information content (AvgIpc) is 3.42. The van der Waals surface area contributed by atoms with Crippen LogP contribution in [0.15, 0.2) is 65.5 Å². The van der Waals surface area contributed by atoms with Crippen molar-refractivity contribution in [2.24, 2.45) is 0 Å². The van der Waals surface area contributed by atoms with Crippen LogP contribution in [0.5, 0.6) is 0 Å². The monoisotopic (exact) mass is 425 g/mol. The molecule has 154 valence electrons. The second-order valence-electron chi connectivity index (χ2n) is 7.12. The lowest BCUT2D eigenvalue weighted by atomic mass is 10.0. The van der Waals surface area contributed by atoms with Crippen molar-refractivity contribution >= 4 is 23.4 Å². The van der Waals surface area contributed by atoms with Crippen molar-refractivity contribution in [3.8, 4) is 11.3 Å². The highest BCUT2D eigenvalue weighted by Gasteiger charge is 2.39. The van der Waals surface area contributed by atoms with Gasteiger partial charge < -0.3 is 19.7 Å². The van der Waals surface area contributed by atoms with E-state index in [0.29, 0.717) is 28.5 Å². The molecule has 2 N–H and O–H groups in total. The topological polar surface area (TPSA) is 95.7 Å². The number of rotatable bonds is 5. The molecular formula is C22H20ClN3O4. The Balaban J connectivity index is 1.52. The Kier molecular flexibility index (Phi) is 5.83. The SMILES string of the molecule is O=C(NCc1ccc(Cl)cc1)[C@@H]1C[C@@H](O)CN1C(=O)c1ccccc1-c1cnco1. The minimum atomic E-state index is -0.766. The molecule has 2 amide bonds. The van der Waals surface area contributed by atoms with Crippen molar-refractivity contribution in [3.05, 3.63) is 77.3 Å². The molecule has 2 heterocycles. The molecule has 4 rings (SSSR count). The van der Waals surface area contributed by atoms with Gasteiger partial charge in [-0.3, -0.25) is 9.59 Å². The Morgan fingerprint density at radius 2 is 1.97 bits per heavy atom. The Labute approximate surface area is 178 Å². The predicted octanol–water partition coefficient (Wildman–Crippen LogP) is 2.89. The van der Waals surface area contributed by atoms with E-state index in [1.807, 2.05) is 12.1 Å². The molecule has 0 saturated carbocycles. The zero-order valence-electron chi connectivity index (χ0n) is 16.0. The van der Waals surface area contributed by atoms with Gasteiger partial charge in [-0.05, 0) is 23.8 Å². The van der Waals surface area contributed by atoms with Gasteiger partial charge in [-0.25, -0.2) is 4.98 Å². The molecule has 0 aliphatic carbocycles. The third-order valence-electron chi connectivity index (χ3n) is 5.08. The first kappa shape index (κ1) is 20.1. The number of benzene rings is 2. The van der Waals surface area contributed by atoms with Crippen LogP contribution >= 0.6 is 11.6 Å². The van der Waals surface area contributed by atoms with E-state index < -0.39 is 12.1 Å². The molecule has 1 aliphatic heterocycles. The van der Waals surface area contributed by atoms with Crippen LogP contribution in [0.3, 0.4) is 0 Å². The molecule has 7 nitrogen and oxygen atoms in total. The molecule has 0 radical (unpaired) electrons. The maximum absolute atomic E-state index is 13.3. The van der Waals surface area contributed by atoms with E-state index in [2.05, 4.69) is 10.3 Å². The van der Waals surface area contributed by atoms with Gasteiger partial charge in [0.15, 0.2) is 12.2 Å². The fraction of sp³-hybridized carbons (Fsp3) is 0.227. The second kappa shape index (κ2) is 8.69. The molecule has 8 heteroatoms. The number of aliphatic hydroxyl groups is 1. The van der Waals surface area contributed by atoms with Crippen molar-refractivity contribution in [2.75, 3.05) is 6.54 Å². The lowest BCUT2D eigenvalue weighted by Crippen LogP contribution is -2.45. The van der Waals surface area contributed by atoms with Gasteiger partial charge in [0.1, 0.15) is 6.04 Å². The summed E-state index contributed by atoms with van der Waals surface area (Å²) in [5.74, 6) is -0.195. The summed E-state index contributed by atoms with van der Waals surface area (Å²) in [6, 6.07) is 13.4. The number of hydrogen-bond acceptors (Lipinski definition) is 5. The number of carbonyl (C=O) groups is 2. The van der Waals surface area contributed by atoms with Crippen molar-refractivity contribution < 1.29 is 19.1 Å². The Bertz CT molecular complexity index is 1040. The van der Waals surface area contributed by atoms with Gasteiger partial charge in [0.2, 0.25) is 5.91 Å². The third kappa shape index (κ3) is 4.22. The first-order valence-electron chi connectivity index (χ1n) is 9.52. The number of nitrogens with zero attached hydrogens (tertiary/aromatic N) is 2. The summed E-state index contributed by atoms with van der Waals surface area (Å²) in [6.07, 6.45) is 2.24. The predicted molar refractivity (Wildman–Crippen MR) is 111 cm³/mol. The second-order valence-corrected chi connectivity index (χ2v) is 7.55. The fourth-order valence-electron chi connectivity index (χ4n) is 3.58. The highest BCUT2D eigenvalue weighted by atomic mass is 35.5. The van der Waals surface area contributed by atoms with Crippen LogP contribution in [-0.4, -0.2) is 45.5 Å². The molecule has 1 saturated heterocycles. The van der Waals surface area contributed by atoms with E-state index >= 15 is 0 Å². The van der Waals surface area contributed by atoms with E-state index in [0.717, 1.165) is 5.56 Å². The molecule has 3 aromatic rings. The summed E-state index contributed by atoms with van der Waals surface area (Å²) in [4.78, 5) is 31.4. The van der Waals surface area contributed by atoms with Gasteiger partial charge >= 0.3 is 0 Å². The summed E-state index contributed by atoms with van der Waals surface area (Å²) in [6.45, 7) is 0.391. The Morgan fingerprint density at radius 1 is 1.20 bits per heavy atom. The van der Waals surface area contributed by atoms with Gasteiger partial charge in [-0.1, -0.05) is 41.9 Å². The van der Waals surface area contributed by atoms with E-state index in [4.69, 9.17) is 16.0 Å². The van der Waals surface area contributed by atoms with Crippen molar-refractivity contribution in [2.45, 2.75) is 25.1 Å². The van der Waals surface area contributed by atoms with E-state index in [1.54, 1.807) is 36.4 Å². The molecule has 30 heavy (non-hydrogen) atoms. The summed E-state index contributed by atoms with van der Waals surface area (Å²) in [5.41, 5.74) is 1.86. The number of aliphatic hydroxyl groups excluding tert-OH is 1. The van der Waals surface area contributed by atoms with Crippen LogP contribution in [0, 0.1) is 0 Å². The number of hydrogen-bond donors (Lipinski definition) is 2. The van der Waals surface area contributed by atoms with Crippen LogP contribution in [0.4, 0.5) is 0 Å². The summed E-state index contributed by atoms with van der Waals surface area (Å²) in [5, 5.41) is 13.6. The highest BCUT2D eigenvalue weighted by Crippen LogP contribution is 2.28. The summed E-state index contributed by atoms with van der Waals surface area (Å²) >= 11 is 5.89. The Morgan fingerprint density at radius 3 is 2.70 bits per heavy atom. The third-order valence-corrected chi connectivity index (χ3v) is 5.33. The van der Waals surface area contributed by atoms with Gasteiger partial charge in [-0.2, -0.15) is 0 Å². The van der Waals surface area contributed by atoms with E-state index in [-0.39, 0.29) is 24.8 Å². The number of nitrogens with one attached hydrogen (secondary N) is 1. The largest absolute Gasteiger partial charge is 0.443 e. The zero-order chi connectivity index (χ0) is 21.1. The van der Waals surface area contributed by atoms with Crippen molar-refractivity contribution in [1.29, 1.82) is 0 Å². The first-order chi connectivity index (χ1) is 14.5.